The van der Waals surface area contributed by atoms with Gasteiger partial charge >= 0.3 is 0 Å². The van der Waals surface area contributed by atoms with Gasteiger partial charge < -0.3 is 5.32 Å². The lowest BCUT2D eigenvalue weighted by atomic mass is 10.1. The number of carbonyl (C=O) groups excluding carboxylic acids is 1. The summed E-state index contributed by atoms with van der Waals surface area (Å²) in [4.78, 5) is 12.2. The molecular formula is C17H24F2N2O3S. The monoisotopic (exact) mass is 374 g/mol. The molecule has 2 rings (SSSR count). The highest BCUT2D eigenvalue weighted by Gasteiger charge is 2.24. The van der Waals surface area contributed by atoms with E-state index in [1.165, 1.54) is 6.92 Å². The third-order valence-corrected chi connectivity index (χ3v) is 5.78. The first-order chi connectivity index (χ1) is 11.8. The molecule has 140 valence electrons. The Balaban J connectivity index is 1.92. The average molecular weight is 374 g/mol. The predicted octanol–water partition coefficient (Wildman–Crippen LogP) is 3.18. The highest BCUT2D eigenvalue weighted by atomic mass is 32.2. The maximum Gasteiger partial charge on any atom is 0.233 e. The van der Waals surface area contributed by atoms with Crippen molar-refractivity contribution in [1.82, 2.24) is 5.32 Å². The van der Waals surface area contributed by atoms with E-state index in [4.69, 9.17) is 0 Å². The number of hydrogen-bond donors (Lipinski definition) is 2. The highest BCUT2D eigenvalue weighted by molar-refractivity contribution is 7.92. The van der Waals surface area contributed by atoms with Crippen molar-refractivity contribution in [3.63, 3.8) is 0 Å². The smallest absolute Gasteiger partial charge is 0.233 e. The van der Waals surface area contributed by atoms with Crippen LogP contribution in [-0.2, 0) is 14.8 Å². The van der Waals surface area contributed by atoms with Crippen LogP contribution in [0.3, 0.4) is 0 Å². The number of nitrogens with one attached hydrogen (secondary N) is 2. The summed E-state index contributed by atoms with van der Waals surface area (Å²) in [6, 6.07) is 2.66. The molecule has 1 unspecified atom stereocenters. The van der Waals surface area contributed by atoms with E-state index in [1.807, 2.05) is 0 Å². The second-order valence-corrected chi connectivity index (χ2v) is 8.37. The fourth-order valence-electron chi connectivity index (χ4n) is 2.95. The van der Waals surface area contributed by atoms with Gasteiger partial charge in [0.2, 0.25) is 15.9 Å². The van der Waals surface area contributed by atoms with E-state index < -0.39 is 33.3 Å². The molecule has 1 fully saturated rings. The molecule has 1 aliphatic carbocycles. The zero-order valence-electron chi connectivity index (χ0n) is 14.2. The lowest BCUT2D eigenvalue weighted by Crippen LogP contribution is -2.40. The van der Waals surface area contributed by atoms with Crippen LogP contribution in [0.25, 0.3) is 0 Å². The molecule has 0 heterocycles. The first kappa shape index (κ1) is 19.6. The van der Waals surface area contributed by atoms with E-state index in [0.29, 0.717) is 6.07 Å². The lowest BCUT2D eigenvalue weighted by molar-refractivity contribution is -0.124. The van der Waals surface area contributed by atoms with Crippen LogP contribution in [0.1, 0.15) is 45.4 Å². The lowest BCUT2D eigenvalue weighted by Gasteiger charge is -2.19. The number of anilines is 1. The molecule has 1 aromatic carbocycles. The first-order valence-electron chi connectivity index (χ1n) is 8.53. The number of benzene rings is 1. The average Bonchev–Trinajstić information content (AvgIpc) is 2.78. The second kappa shape index (κ2) is 8.60. The molecule has 25 heavy (non-hydrogen) atoms. The fourth-order valence-corrected chi connectivity index (χ4v) is 4.35. The van der Waals surface area contributed by atoms with Crippen LogP contribution in [0, 0.1) is 17.6 Å². The standard InChI is InChI=1S/C17H24F2N2O3S/c1-12(17(22)20-14-6-4-2-3-5-7-14)11-25(23,24)21-16-9-8-13(18)10-15(16)19/h8-10,12,14,21H,2-7,11H2,1H3,(H,20,22). The zero-order valence-corrected chi connectivity index (χ0v) is 15.0. The third-order valence-electron chi connectivity index (χ3n) is 4.32. The van der Waals surface area contributed by atoms with Gasteiger partial charge in [0.15, 0.2) is 0 Å². The summed E-state index contributed by atoms with van der Waals surface area (Å²) in [5.41, 5.74) is -0.335. The second-order valence-electron chi connectivity index (χ2n) is 6.61. The maximum atomic E-state index is 13.6. The molecule has 0 aliphatic heterocycles. The highest BCUT2D eigenvalue weighted by Crippen LogP contribution is 2.19. The molecule has 1 atom stereocenters. The normalized spacial score (nSPS) is 17.6. The minimum Gasteiger partial charge on any atom is -0.353 e. The molecule has 0 radical (unpaired) electrons. The predicted molar refractivity (Wildman–Crippen MR) is 92.6 cm³/mol. The summed E-state index contributed by atoms with van der Waals surface area (Å²) in [7, 11) is -3.94. The summed E-state index contributed by atoms with van der Waals surface area (Å²) in [6.45, 7) is 1.52. The number of hydrogen-bond acceptors (Lipinski definition) is 3. The molecule has 8 heteroatoms. The summed E-state index contributed by atoms with van der Waals surface area (Å²) in [5.74, 6) is -3.36. The fraction of sp³-hybridized carbons (Fsp3) is 0.588. The topological polar surface area (TPSA) is 75.3 Å². The van der Waals surface area contributed by atoms with Gasteiger partial charge in [-0.05, 0) is 25.0 Å². The number of carbonyl (C=O) groups is 1. The quantitative estimate of drug-likeness (QED) is 0.751. The molecule has 1 saturated carbocycles. The number of halogens is 2. The SMILES string of the molecule is CC(CS(=O)(=O)Nc1ccc(F)cc1F)C(=O)NC1CCCCCC1. The molecular weight excluding hydrogens is 350 g/mol. The van der Waals surface area contributed by atoms with Crippen molar-refractivity contribution in [2.24, 2.45) is 5.92 Å². The van der Waals surface area contributed by atoms with Crippen molar-refractivity contribution in [3.05, 3.63) is 29.8 Å². The van der Waals surface area contributed by atoms with Crippen LogP contribution in [0.2, 0.25) is 0 Å². The van der Waals surface area contributed by atoms with Crippen LogP contribution < -0.4 is 10.0 Å². The summed E-state index contributed by atoms with van der Waals surface area (Å²) in [6.07, 6.45) is 6.24. The van der Waals surface area contributed by atoms with Crippen molar-refractivity contribution in [2.75, 3.05) is 10.5 Å². The molecule has 1 amide bonds. The Labute approximate surface area is 147 Å². The Morgan fingerprint density at radius 1 is 1.20 bits per heavy atom. The Kier molecular flexibility index (Phi) is 6.75. The van der Waals surface area contributed by atoms with Crippen molar-refractivity contribution < 1.29 is 22.0 Å². The number of sulfonamides is 1. The van der Waals surface area contributed by atoms with Gasteiger partial charge in [-0.15, -0.1) is 0 Å². The molecule has 0 aromatic heterocycles. The van der Waals surface area contributed by atoms with Gasteiger partial charge in [-0.1, -0.05) is 32.6 Å². The first-order valence-corrected chi connectivity index (χ1v) is 10.2. The van der Waals surface area contributed by atoms with E-state index in [0.717, 1.165) is 50.7 Å². The third kappa shape index (κ3) is 6.26. The molecule has 1 aromatic rings. The molecule has 0 bridgehead atoms. The summed E-state index contributed by atoms with van der Waals surface area (Å²) < 4.78 is 52.8. The van der Waals surface area contributed by atoms with E-state index >= 15 is 0 Å². The van der Waals surface area contributed by atoms with Gasteiger partial charge in [-0.25, -0.2) is 17.2 Å². The Morgan fingerprint density at radius 2 is 1.84 bits per heavy atom. The number of amides is 1. The van der Waals surface area contributed by atoms with E-state index in [1.54, 1.807) is 0 Å². The van der Waals surface area contributed by atoms with Crippen LogP contribution in [-0.4, -0.2) is 26.1 Å². The molecule has 0 spiro atoms. The Morgan fingerprint density at radius 3 is 2.44 bits per heavy atom. The van der Waals surface area contributed by atoms with Crippen molar-refractivity contribution >= 4 is 21.6 Å². The largest absolute Gasteiger partial charge is 0.353 e. The van der Waals surface area contributed by atoms with Gasteiger partial charge in [-0.3, -0.25) is 9.52 Å². The van der Waals surface area contributed by atoms with Gasteiger partial charge in [0, 0.05) is 12.1 Å². The maximum absolute atomic E-state index is 13.6. The van der Waals surface area contributed by atoms with Crippen LogP contribution in [0.5, 0.6) is 0 Å². The van der Waals surface area contributed by atoms with Crippen LogP contribution >= 0.6 is 0 Å². The van der Waals surface area contributed by atoms with Crippen LogP contribution in [0.4, 0.5) is 14.5 Å². The summed E-state index contributed by atoms with van der Waals surface area (Å²) >= 11 is 0. The van der Waals surface area contributed by atoms with E-state index in [9.17, 15) is 22.0 Å². The number of rotatable bonds is 6. The van der Waals surface area contributed by atoms with Gasteiger partial charge in [0.05, 0.1) is 17.4 Å². The zero-order chi connectivity index (χ0) is 18.4. The summed E-state index contributed by atoms with van der Waals surface area (Å²) in [5, 5.41) is 2.91. The molecule has 0 saturated heterocycles. The van der Waals surface area contributed by atoms with Crippen molar-refractivity contribution in [2.45, 2.75) is 51.5 Å². The van der Waals surface area contributed by atoms with E-state index in [-0.39, 0.29) is 17.6 Å². The Hall–Kier alpha value is -1.70. The van der Waals surface area contributed by atoms with Gasteiger partial charge in [-0.2, -0.15) is 0 Å². The molecule has 1 aliphatic rings. The Bertz CT molecular complexity index is 702. The molecule has 2 N–H and O–H groups in total. The van der Waals surface area contributed by atoms with E-state index in [2.05, 4.69) is 10.0 Å². The van der Waals surface area contributed by atoms with Crippen molar-refractivity contribution in [3.8, 4) is 0 Å². The van der Waals surface area contributed by atoms with Crippen molar-refractivity contribution in [1.29, 1.82) is 0 Å². The van der Waals surface area contributed by atoms with Crippen LogP contribution in [0.15, 0.2) is 18.2 Å². The van der Waals surface area contributed by atoms with Gasteiger partial charge in [0.1, 0.15) is 11.6 Å². The molecule has 5 nitrogen and oxygen atoms in total. The van der Waals surface area contributed by atoms with Gasteiger partial charge in [0.25, 0.3) is 0 Å². The minimum absolute atomic E-state index is 0.0858. The minimum atomic E-state index is -3.94.